The van der Waals surface area contributed by atoms with E-state index in [0.717, 1.165) is 48.3 Å². The Morgan fingerprint density at radius 1 is 1.00 bits per heavy atom. The average Bonchev–Trinajstić information content (AvgIpc) is 2.75. The number of hydrogen-bond donors (Lipinski definition) is 2. The van der Waals surface area contributed by atoms with Crippen molar-refractivity contribution in [2.24, 2.45) is 0 Å². The quantitative estimate of drug-likeness (QED) is 0.423. The number of benzene rings is 1. The Bertz CT molecular complexity index is 1110. The number of pyridine rings is 1. The van der Waals surface area contributed by atoms with Crippen LogP contribution in [-0.2, 0) is 11.0 Å². The summed E-state index contributed by atoms with van der Waals surface area (Å²) in [4.78, 5) is 25.0. The van der Waals surface area contributed by atoms with E-state index in [1.165, 1.54) is 18.2 Å². The molecule has 0 radical (unpaired) electrons. The van der Waals surface area contributed by atoms with Crippen molar-refractivity contribution in [3.63, 3.8) is 0 Å². The Morgan fingerprint density at radius 2 is 1.78 bits per heavy atom. The van der Waals surface area contributed by atoms with Crippen molar-refractivity contribution in [1.29, 1.82) is 0 Å². The molecule has 0 unspecified atom stereocenters. The van der Waals surface area contributed by atoms with Crippen LogP contribution in [-0.4, -0.2) is 45.3 Å². The third-order valence-electron chi connectivity index (χ3n) is 4.83. The summed E-state index contributed by atoms with van der Waals surface area (Å²) in [6, 6.07) is 7.03. The highest BCUT2D eigenvalue weighted by Crippen LogP contribution is 2.31. The summed E-state index contributed by atoms with van der Waals surface area (Å²) in [7, 11) is 0. The summed E-state index contributed by atoms with van der Waals surface area (Å²) in [6.45, 7) is 1.57. The van der Waals surface area contributed by atoms with Crippen molar-refractivity contribution in [3.05, 3.63) is 73.0 Å². The van der Waals surface area contributed by atoms with Gasteiger partial charge in [-0.05, 0) is 30.3 Å². The molecule has 4 rings (SSSR count). The topological polar surface area (TPSA) is 83.0 Å². The second-order valence-electron chi connectivity index (χ2n) is 7.23. The number of nitrogens with one attached hydrogen (secondary N) is 2. The van der Waals surface area contributed by atoms with Crippen LogP contribution in [0.2, 0.25) is 0 Å². The molecule has 1 aromatic carbocycles. The predicted octanol–water partition coefficient (Wildman–Crippen LogP) is 4.11. The first-order chi connectivity index (χ1) is 15.4. The van der Waals surface area contributed by atoms with Crippen LogP contribution in [0.1, 0.15) is 5.56 Å². The summed E-state index contributed by atoms with van der Waals surface area (Å²) in [6.07, 6.45) is 6.12. The van der Waals surface area contributed by atoms with Crippen LogP contribution in [0.25, 0.3) is 11.1 Å². The van der Waals surface area contributed by atoms with Gasteiger partial charge in [0.05, 0.1) is 17.3 Å². The van der Waals surface area contributed by atoms with E-state index in [1.807, 2.05) is 11.0 Å². The second kappa shape index (κ2) is 9.04. The van der Waals surface area contributed by atoms with Gasteiger partial charge in [0.1, 0.15) is 6.29 Å². The van der Waals surface area contributed by atoms with E-state index in [0.29, 0.717) is 0 Å². The molecule has 2 N–H and O–H groups in total. The van der Waals surface area contributed by atoms with Crippen LogP contribution < -0.4 is 10.6 Å². The zero-order valence-corrected chi connectivity index (χ0v) is 16.8. The molecule has 2 aromatic heterocycles. The van der Waals surface area contributed by atoms with Gasteiger partial charge < -0.3 is 15.5 Å². The number of alkyl halides is 3. The van der Waals surface area contributed by atoms with E-state index >= 15 is 0 Å². The molecule has 10 heteroatoms. The second-order valence-corrected chi connectivity index (χ2v) is 7.23. The largest absolute Gasteiger partial charge is 0.416 e. The van der Waals surface area contributed by atoms with Crippen LogP contribution in [0, 0.1) is 0 Å². The third kappa shape index (κ3) is 5.20. The lowest BCUT2D eigenvalue weighted by atomic mass is 10.1. The van der Waals surface area contributed by atoms with Gasteiger partial charge in [0.25, 0.3) is 0 Å². The number of likely N-dealkylation sites (tertiary alicyclic amines) is 1. The molecule has 164 valence electrons. The van der Waals surface area contributed by atoms with Crippen molar-refractivity contribution in [2.75, 3.05) is 23.7 Å². The van der Waals surface area contributed by atoms with Crippen LogP contribution in [0.3, 0.4) is 0 Å². The molecule has 0 spiro atoms. The maximum atomic E-state index is 12.9. The zero-order valence-electron chi connectivity index (χ0n) is 16.8. The number of carbonyl (C=O) groups is 1. The van der Waals surface area contributed by atoms with Gasteiger partial charge in [-0.2, -0.15) is 13.2 Å². The zero-order chi connectivity index (χ0) is 22.6. The minimum atomic E-state index is -4.42. The maximum absolute atomic E-state index is 12.9. The molecular formula is C22H19F3N6O. The number of aldehydes is 1. The maximum Gasteiger partial charge on any atom is 0.416 e. The summed E-state index contributed by atoms with van der Waals surface area (Å²) in [5, 5.41) is 6.17. The van der Waals surface area contributed by atoms with E-state index in [2.05, 4.69) is 25.6 Å². The van der Waals surface area contributed by atoms with Crippen LogP contribution in [0.5, 0.6) is 0 Å². The van der Waals surface area contributed by atoms with Gasteiger partial charge in [0, 0.05) is 60.9 Å². The van der Waals surface area contributed by atoms with E-state index in [1.54, 1.807) is 31.0 Å². The number of allylic oxidation sites excluding steroid dienone is 1. The summed E-state index contributed by atoms with van der Waals surface area (Å²) in [5.74, 6) is 0.188. The predicted molar refractivity (Wildman–Crippen MR) is 114 cm³/mol. The number of hydrogen-bond acceptors (Lipinski definition) is 7. The lowest BCUT2D eigenvalue weighted by Gasteiger charge is -2.39. The van der Waals surface area contributed by atoms with Gasteiger partial charge in [-0.1, -0.05) is 6.07 Å². The molecular weight excluding hydrogens is 421 g/mol. The minimum Gasteiger partial charge on any atom is -0.377 e. The Kier molecular flexibility index (Phi) is 6.02. The molecule has 0 saturated carbocycles. The average molecular weight is 440 g/mol. The molecule has 0 atom stereocenters. The van der Waals surface area contributed by atoms with E-state index in [4.69, 9.17) is 0 Å². The Morgan fingerprint density at radius 3 is 2.50 bits per heavy atom. The molecule has 3 aromatic rings. The minimum absolute atomic E-state index is 0.188. The van der Waals surface area contributed by atoms with Gasteiger partial charge >= 0.3 is 6.18 Å². The molecule has 7 nitrogen and oxygen atoms in total. The molecule has 0 bridgehead atoms. The fraction of sp³-hybridized carbons (Fsp3) is 0.182. The van der Waals surface area contributed by atoms with E-state index in [9.17, 15) is 18.0 Å². The lowest BCUT2D eigenvalue weighted by Crippen LogP contribution is -2.51. The Hall–Kier alpha value is -3.95. The SMILES string of the molecule is O=CC=CN1CC(Nc2cncc(-c3cnc(Nc4cccc(C(F)(F)F)c4)nc3)c2)C1. The monoisotopic (exact) mass is 440 g/mol. The van der Waals surface area contributed by atoms with E-state index in [-0.39, 0.29) is 17.7 Å². The van der Waals surface area contributed by atoms with Crippen molar-refractivity contribution in [1.82, 2.24) is 19.9 Å². The highest BCUT2D eigenvalue weighted by Gasteiger charge is 2.30. The van der Waals surface area contributed by atoms with Crippen molar-refractivity contribution >= 4 is 23.6 Å². The van der Waals surface area contributed by atoms with Gasteiger partial charge in [-0.3, -0.25) is 9.78 Å². The molecule has 3 heterocycles. The smallest absolute Gasteiger partial charge is 0.377 e. The van der Waals surface area contributed by atoms with Crippen molar-refractivity contribution < 1.29 is 18.0 Å². The summed E-state index contributed by atoms with van der Waals surface area (Å²) in [5.41, 5.74) is 1.87. The molecule has 32 heavy (non-hydrogen) atoms. The van der Waals surface area contributed by atoms with E-state index < -0.39 is 11.7 Å². The number of halogens is 3. The first-order valence-corrected chi connectivity index (χ1v) is 9.75. The molecule has 1 aliphatic heterocycles. The summed E-state index contributed by atoms with van der Waals surface area (Å²) < 4.78 is 38.6. The number of rotatable bonds is 7. The van der Waals surface area contributed by atoms with Gasteiger partial charge in [-0.25, -0.2) is 9.97 Å². The fourth-order valence-electron chi connectivity index (χ4n) is 3.24. The molecule has 1 aliphatic rings. The molecule has 0 amide bonds. The number of carbonyl (C=O) groups excluding carboxylic acids is 1. The van der Waals surface area contributed by atoms with Crippen molar-refractivity contribution in [2.45, 2.75) is 12.2 Å². The number of nitrogens with zero attached hydrogens (tertiary/aromatic N) is 4. The van der Waals surface area contributed by atoms with Crippen LogP contribution in [0.4, 0.5) is 30.5 Å². The van der Waals surface area contributed by atoms with Crippen LogP contribution >= 0.6 is 0 Å². The van der Waals surface area contributed by atoms with Crippen molar-refractivity contribution in [3.8, 4) is 11.1 Å². The highest BCUT2D eigenvalue weighted by molar-refractivity contribution is 5.66. The Balaban J connectivity index is 1.40. The molecule has 1 saturated heterocycles. The normalized spacial score (nSPS) is 14.3. The molecule has 0 aliphatic carbocycles. The Labute approximate surface area is 182 Å². The number of anilines is 3. The first-order valence-electron chi connectivity index (χ1n) is 9.75. The highest BCUT2D eigenvalue weighted by atomic mass is 19.4. The van der Waals surface area contributed by atoms with Crippen LogP contribution in [0.15, 0.2) is 67.4 Å². The van der Waals surface area contributed by atoms with Gasteiger partial charge in [0.2, 0.25) is 5.95 Å². The first kappa shape index (κ1) is 21.3. The standard InChI is InChI=1S/C22H19F3N6O/c23-22(24,25)17-3-1-4-18(8-17)30-21-27-10-16(11-28-21)15-7-19(12-26-9-15)29-20-13-31(14-20)5-2-6-32/h1-12,20,29H,13-14H2,(H,27,28,30). The summed E-state index contributed by atoms with van der Waals surface area (Å²) >= 11 is 0. The fourth-order valence-corrected chi connectivity index (χ4v) is 3.24. The van der Waals surface area contributed by atoms with Gasteiger partial charge in [-0.15, -0.1) is 0 Å². The van der Waals surface area contributed by atoms with Gasteiger partial charge in [0.15, 0.2) is 0 Å². The molecule has 1 fully saturated rings. The number of aromatic nitrogens is 3. The third-order valence-corrected chi connectivity index (χ3v) is 4.83. The lowest BCUT2D eigenvalue weighted by molar-refractivity contribution is -0.137.